The topological polar surface area (TPSA) is 61.5 Å². The Hall–Kier alpha value is -0.610. The van der Waals surface area contributed by atoms with E-state index in [1.54, 1.807) is 0 Å². The van der Waals surface area contributed by atoms with Crippen molar-refractivity contribution in [2.75, 3.05) is 26.4 Å². The number of nitrogens with two attached hydrogens (primary N) is 1. The third kappa shape index (κ3) is 3.68. The zero-order chi connectivity index (χ0) is 12.7. The molecule has 0 saturated carbocycles. The lowest BCUT2D eigenvalue weighted by molar-refractivity contribution is -0.162. The van der Waals surface area contributed by atoms with Crippen molar-refractivity contribution >= 4 is 5.97 Å². The van der Waals surface area contributed by atoms with Crippen molar-refractivity contribution in [3.05, 3.63) is 0 Å². The Morgan fingerprint density at radius 2 is 1.94 bits per heavy atom. The third-order valence-corrected chi connectivity index (χ3v) is 3.88. The van der Waals surface area contributed by atoms with Crippen molar-refractivity contribution in [2.24, 2.45) is 17.1 Å². The molecule has 0 atom stereocenters. The van der Waals surface area contributed by atoms with Crippen LogP contribution in [0.25, 0.3) is 0 Å². The Morgan fingerprint density at radius 3 is 2.41 bits per heavy atom. The van der Waals surface area contributed by atoms with Crippen molar-refractivity contribution in [3.63, 3.8) is 0 Å². The van der Waals surface area contributed by atoms with Gasteiger partial charge in [-0.05, 0) is 18.8 Å². The van der Waals surface area contributed by atoms with Crippen molar-refractivity contribution in [1.29, 1.82) is 0 Å². The average molecular weight is 243 g/mol. The van der Waals surface area contributed by atoms with Gasteiger partial charge in [0, 0.05) is 19.8 Å². The van der Waals surface area contributed by atoms with Gasteiger partial charge >= 0.3 is 5.97 Å². The number of esters is 1. The van der Waals surface area contributed by atoms with E-state index in [0.29, 0.717) is 45.1 Å². The molecule has 0 spiro atoms. The van der Waals surface area contributed by atoms with Gasteiger partial charge in [-0.3, -0.25) is 4.79 Å². The van der Waals surface area contributed by atoms with Gasteiger partial charge in [0.05, 0.1) is 12.0 Å². The number of ether oxygens (including phenoxy) is 2. The molecule has 100 valence electrons. The molecule has 1 rings (SSSR count). The van der Waals surface area contributed by atoms with Crippen LogP contribution in [0.3, 0.4) is 0 Å². The Balaban J connectivity index is 2.48. The summed E-state index contributed by atoms with van der Waals surface area (Å²) in [6.45, 7) is 6.34. The highest BCUT2D eigenvalue weighted by atomic mass is 16.5. The SMILES string of the molecule is CCC(CC)COC(=O)C1(CN)CCOCC1. The molecular weight excluding hydrogens is 218 g/mol. The molecule has 4 heteroatoms. The Morgan fingerprint density at radius 1 is 1.35 bits per heavy atom. The van der Waals surface area contributed by atoms with Crippen LogP contribution in [-0.2, 0) is 14.3 Å². The van der Waals surface area contributed by atoms with E-state index >= 15 is 0 Å². The van der Waals surface area contributed by atoms with E-state index in [2.05, 4.69) is 13.8 Å². The van der Waals surface area contributed by atoms with Crippen LogP contribution < -0.4 is 5.73 Å². The van der Waals surface area contributed by atoms with Crippen molar-refractivity contribution in [1.82, 2.24) is 0 Å². The molecule has 1 aliphatic heterocycles. The summed E-state index contributed by atoms with van der Waals surface area (Å²) in [5.41, 5.74) is 5.26. The Kier molecular flexibility index (Phi) is 5.92. The predicted molar refractivity (Wildman–Crippen MR) is 66.6 cm³/mol. The molecule has 0 amide bonds. The second-order valence-corrected chi connectivity index (χ2v) is 4.88. The highest BCUT2D eigenvalue weighted by Crippen LogP contribution is 2.31. The fourth-order valence-electron chi connectivity index (χ4n) is 2.12. The monoisotopic (exact) mass is 243 g/mol. The first-order valence-electron chi connectivity index (χ1n) is 6.63. The first-order chi connectivity index (χ1) is 8.18. The van der Waals surface area contributed by atoms with Crippen LogP contribution in [0.1, 0.15) is 39.5 Å². The van der Waals surface area contributed by atoms with Crippen LogP contribution in [0.4, 0.5) is 0 Å². The largest absolute Gasteiger partial charge is 0.465 e. The molecule has 1 heterocycles. The lowest BCUT2D eigenvalue weighted by Gasteiger charge is -2.33. The number of carbonyl (C=O) groups is 1. The molecule has 0 aromatic rings. The van der Waals surface area contributed by atoms with Crippen molar-refractivity contribution in [2.45, 2.75) is 39.5 Å². The zero-order valence-electron chi connectivity index (χ0n) is 11.0. The molecule has 0 aromatic heterocycles. The van der Waals surface area contributed by atoms with Crippen molar-refractivity contribution in [3.8, 4) is 0 Å². The molecule has 2 N–H and O–H groups in total. The third-order valence-electron chi connectivity index (χ3n) is 3.88. The maximum atomic E-state index is 12.1. The second kappa shape index (κ2) is 6.97. The molecule has 0 bridgehead atoms. The zero-order valence-corrected chi connectivity index (χ0v) is 11.0. The number of rotatable bonds is 6. The van der Waals surface area contributed by atoms with Crippen LogP contribution in [0, 0.1) is 11.3 Å². The Labute approximate surface area is 104 Å². The molecule has 0 radical (unpaired) electrons. The van der Waals surface area contributed by atoms with Gasteiger partial charge in [0.1, 0.15) is 0 Å². The predicted octanol–water partition coefficient (Wildman–Crippen LogP) is 1.72. The molecular formula is C13H25NO3. The van der Waals surface area contributed by atoms with Gasteiger partial charge in [-0.15, -0.1) is 0 Å². The summed E-state index contributed by atoms with van der Waals surface area (Å²) in [6, 6.07) is 0. The number of hydrogen-bond donors (Lipinski definition) is 1. The van der Waals surface area contributed by atoms with Crippen LogP contribution in [-0.4, -0.2) is 32.3 Å². The molecule has 0 aromatic carbocycles. The van der Waals surface area contributed by atoms with Gasteiger partial charge in [-0.2, -0.15) is 0 Å². The summed E-state index contributed by atoms with van der Waals surface area (Å²) >= 11 is 0. The molecule has 0 unspecified atom stereocenters. The molecule has 0 aliphatic carbocycles. The maximum absolute atomic E-state index is 12.1. The lowest BCUT2D eigenvalue weighted by atomic mass is 9.80. The lowest BCUT2D eigenvalue weighted by Crippen LogP contribution is -2.44. The van der Waals surface area contributed by atoms with Gasteiger partial charge in [0.2, 0.25) is 0 Å². The van der Waals surface area contributed by atoms with E-state index in [1.807, 2.05) is 0 Å². The molecule has 1 fully saturated rings. The Bertz CT molecular complexity index is 233. The summed E-state index contributed by atoms with van der Waals surface area (Å²) < 4.78 is 10.7. The molecule has 1 aliphatic rings. The van der Waals surface area contributed by atoms with Gasteiger partial charge in [-0.1, -0.05) is 26.7 Å². The summed E-state index contributed by atoms with van der Waals surface area (Å²) in [6.07, 6.45) is 3.46. The number of carbonyl (C=O) groups excluding carboxylic acids is 1. The molecule has 17 heavy (non-hydrogen) atoms. The first-order valence-corrected chi connectivity index (χ1v) is 6.63. The minimum Gasteiger partial charge on any atom is -0.465 e. The van der Waals surface area contributed by atoms with E-state index in [9.17, 15) is 4.79 Å². The van der Waals surface area contributed by atoms with Crippen LogP contribution in [0.2, 0.25) is 0 Å². The average Bonchev–Trinajstić information content (AvgIpc) is 2.40. The summed E-state index contributed by atoms with van der Waals surface area (Å²) in [5.74, 6) is 0.337. The quantitative estimate of drug-likeness (QED) is 0.722. The second-order valence-electron chi connectivity index (χ2n) is 4.88. The summed E-state index contributed by atoms with van der Waals surface area (Å²) in [7, 11) is 0. The maximum Gasteiger partial charge on any atom is 0.313 e. The van der Waals surface area contributed by atoms with Gasteiger partial charge < -0.3 is 15.2 Å². The van der Waals surface area contributed by atoms with E-state index in [0.717, 1.165) is 12.8 Å². The van der Waals surface area contributed by atoms with Crippen LogP contribution in [0.15, 0.2) is 0 Å². The molecule has 1 saturated heterocycles. The van der Waals surface area contributed by atoms with Crippen LogP contribution in [0.5, 0.6) is 0 Å². The van der Waals surface area contributed by atoms with Gasteiger partial charge in [0.25, 0.3) is 0 Å². The fourth-order valence-corrected chi connectivity index (χ4v) is 2.12. The summed E-state index contributed by atoms with van der Waals surface area (Å²) in [4.78, 5) is 12.1. The minimum absolute atomic E-state index is 0.129. The first kappa shape index (κ1) is 14.5. The number of hydrogen-bond acceptors (Lipinski definition) is 4. The van der Waals surface area contributed by atoms with E-state index in [-0.39, 0.29) is 5.97 Å². The fraction of sp³-hybridized carbons (Fsp3) is 0.923. The standard InChI is InChI=1S/C13H25NO3/c1-3-11(4-2)9-17-12(15)13(10-14)5-7-16-8-6-13/h11H,3-10,14H2,1-2H3. The van der Waals surface area contributed by atoms with E-state index in [4.69, 9.17) is 15.2 Å². The van der Waals surface area contributed by atoms with E-state index in [1.165, 1.54) is 0 Å². The minimum atomic E-state index is -0.496. The highest BCUT2D eigenvalue weighted by molar-refractivity contribution is 5.77. The smallest absolute Gasteiger partial charge is 0.313 e. The van der Waals surface area contributed by atoms with Gasteiger partial charge in [-0.25, -0.2) is 0 Å². The molecule has 4 nitrogen and oxygen atoms in total. The van der Waals surface area contributed by atoms with Crippen LogP contribution >= 0.6 is 0 Å². The van der Waals surface area contributed by atoms with E-state index < -0.39 is 5.41 Å². The van der Waals surface area contributed by atoms with Gasteiger partial charge in [0.15, 0.2) is 0 Å². The van der Waals surface area contributed by atoms with Crippen molar-refractivity contribution < 1.29 is 14.3 Å². The highest BCUT2D eigenvalue weighted by Gasteiger charge is 2.40. The summed E-state index contributed by atoms with van der Waals surface area (Å²) in [5, 5.41) is 0. The normalized spacial score (nSPS) is 19.3.